The van der Waals surface area contributed by atoms with Gasteiger partial charge in [-0.3, -0.25) is 9.69 Å². The summed E-state index contributed by atoms with van der Waals surface area (Å²) in [7, 11) is 1.61. The quantitative estimate of drug-likeness (QED) is 0.840. The minimum Gasteiger partial charge on any atom is -0.497 e. The largest absolute Gasteiger partial charge is 0.497 e. The second kappa shape index (κ2) is 8.53. The lowest BCUT2D eigenvalue weighted by Gasteiger charge is -2.14. The number of nitrogens with zero attached hydrogens (tertiary/aromatic N) is 1. The number of nitrogens with one attached hydrogen (secondary N) is 1. The van der Waals surface area contributed by atoms with Crippen molar-refractivity contribution in [2.24, 2.45) is 0 Å². The van der Waals surface area contributed by atoms with Crippen molar-refractivity contribution in [3.8, 4) is 11.5 Å². The van der Waals surface area contributed by atoms with Gasteiger partial charge >= 0.3 is 0 Å². The summed E-state index contributed by atoms with van der Waals surface area (Å²) in [5, 5.41) is 2.85. The van der Waals surface area contributed by atoms with Crippen molar-refractivity contribution < 1.29 is 14.3 Å². The van der Waals surface area contributed by atoms with Crippen molar-refractivity contribution in [3.05, 3.63) is 54.1 Å². The van der Waals surface area contributed by atoms with Crippen LogP contribution in [0.15, 0.2) is 48.5 Å². The predicted octanol–water partition coefficient (Wildman–Crippen LogP) is 3.31. The minimum atomic E-state index is -0.178. The van der Waals surface area contributed by atoms with Crippen LogP contribution in [0.1, 0.15) is 18.4 Å². The van der Waals surface area contributed by atoms with Crippen LogP contribution in [-0.4, -0.2) is 37.6 Å². The molecule has 132 valence electrons. The highest BCUT2D eigenvalue weighted by Crippen LogP contribution is 2.17. The molecule has 1 N–H and O–H groups in total. The van der Waals surface area contributed by atoms with Gasteiger partial charge in [0.25, 0.3) is 5.91 Å². The molecule has 5 heteroatoms. The molecule has 25 heavy (non-hydrogen) atoms. The fourth-order valence-electron chi connectivity index (χ4n) is 2.91. The summed E-state index contributed by atoms with van der Waals surface area (Å²) in [5.74, 6) is 1.21. The van der Waals surface area contributed by atoms with Crippen molar-refractivity contribution in [3.63, 3.8) is 0 Å². The monoisotopic (exact) mass is 340 g/mol. The van der Waals surface area contributed by atoms with Gasteiger partial charge in [-0.25, -0.2) is 0 Å². The van der Waals surface area contributed by atoms with Gasteiger partial charge in [-0.1, -0.05) is 12.1 Å². The van der Waals surface area contributed by atoms with Gasteiger partial charge in [-0.15, -0.1) is 0 Å². The maximum absolute atomic E-state index is 12.0. The third-order valence-corrected chi connectivity index (χ3v) is 4.27. The Balaban J connectivity index is 1.45. The molecule has 2 aromatic carbocycles. The maximum Gasteiger partial charge on any atom is 0.262 e. The summed E-state index contributed by atoms with van der Waals surface area (Å²) in [6.07, 6.45) is 2.59. The molecule has 0 aliphatic carbocycles. The molecule has 0 spiro atoms. The number of anilines is 1. The Morgan fingerprint density at radius 2 is 1.64 bits per heavy atom. The number of likely N-dealkylation sites (tertiary alicyclic amines) is 1. The minimum absolute atomic E-state index is 0.0259. The van der Waals surface area contributed by atoms with E-state index in [2.05, 4.69) is 22.3 Å². The van der Waals surface area contributed by atoms with Crippen LogP contribution >= 0.6 is 0 Å². The molecule has 0 atom stereocenters. The van der Waals surface area contributed by atoms with E-state index in [1.165, 1.54) is 31.5 Å². The van der Waals surface area contributed by atoms with Gasteiger partial charge in [0.15, 0.2) is 6.61 Å². The van der Waals surface area contributed by atoms with E-state index >= 15 is 0 Å². The van der Waals surface area contributed by atoms with E-state index in [-0.39, 0.29) is 12.5 Å². The Bertz CT molecular complexity index is 677. The molecule has 2 aromatic rings. The molecule has 1 amide bonds. The predicted molar refractivity (Wildman–Crippen MR) is 98.1 cm³/mol. The number of amides is 1. The molecule has 0 unspecified atom stereocenters. The zero-order valence-corrected chi connectivity index (χ0v) is 14.5. The fourth-order valence-corrected chi connectivity index (χ4v) is 2.91. The summed E-state index contributed by atoms with van der Waals surface area (Å²) < 4.78 is 10.6. The van der Waals surface area contributed by atoms with Crippen LogP contribution < -0.4 is 14.8 Å². The zero-order valence-electron chi connectivity index (χ0n) is 14.5. The molecule has 0 radical (unpaired) electrons. The van der Waals surface area contributed by atoms with Gasteiger partial charge in [0.2, 0.25) is 0 Å². The van der Waals surface area contributed by atoms with Gasteiger partial charge in [-0.2, -0.15) is 0 Å². The number of ether oxygens (including phenoxy) is 2. The highest BCUT2D eigenvalue weighted by molar-refractivity contribution is 5.91. The molecule has 1 aliphatic heterocycles. The molecule has 0 saturated carbocycles. The summed E-state index contributed by atoms with van der Waals surface area (Å²) in [6, 6.07) is 15.2. The Kier molecular flexibility index (Phi) is 5.90. The summed E-state index contributed by atoms with van der Waals surface area (Å²) in [5.41, 5.74) is 2.06. The molecule has 0 aromatic heterocycles. The van der Waals surface area contributed by atoms with Crippen molar-refractivity contribution >= 4 is 11.6 Å². The van der Waals surface area contributed by atoms with Crippen molar-refractivity contribution in [1.82, 2.24) is 4.90 Å². The lowest BCUT2D eigenvalue weighted by molar-refractivity contribution is -0.118. The number of benzene rings is 2. The molecule has 0 bridgehead atoms. The van der Waals surface area contributed by atoms with E-state index in [0.29, 0.717) is 5.75 Å². The summed E-state index contributed by atoms with van der Waals surface area (Å²) in [6.45, 7) is 3.32. The average Bonchev–Trinajstić information content (AvgIpc) is 3.15. The maximum atomic E-state index is 12.0. The van der Waals surface area contributed by atoms with Crippen LogP contribution in [0.4, 0.5) is 5.69 Å². The Hall–Kier alpha value is -2.53. The van der Waals surface area contributed by atoms with Crippen LogP contribution in [0.3, 0.4) is 0 Å². The highest BCUT2D eigenvalue weighted by Gasteiger charge is 2.11. The standard InChI is InChI=1S/C20H24N2O3/c1-24-18-8-10-19(11-9-18)25-15-20(23)21-17-6-4-16(5-7-17)14-22-12-2-3-13-22/h4-11H,2-3,12-15H2,1H3,(H,21,23). The number of hydrogen-bond donors (Lipinski definition) is 1. The highest BCUT2D eigenvalue weighted by atomic mass is 16.5. The number of hydrogen-bond acceptors (Lipinski definition) is 4. The fraction of sp³-hybridized carbons (Fsp3) is 0.350. The van der Waals surface area contributed by atoms with E-state index in [9.17, 15) is 4.79 Å². The van der Waals surface area contributed by atoms with Crippen LogP contribution in [0.2, 0.25) is 0 Å². The molecular weight excluding hydrogens is 316 g/mol. The lowest BCUT2D eigenvalue weighted by Crippen LogP contribution is -2.20. The van der Waals surface area contributed by atoms with Crippen molar-refractivity contribution in [2.45, 2.75) is 19.4 Å². The van der Waals surface area contributed by atoms with Gasteiger partial charge in [-0.05, 0) is 67.9 Å². The first-order valence-electron chi connectivity index (χ1n) is 8.61. The van der Waals surface area contributed by atoms with Crippen molar-refractivity contribution in [1.29, 1.82) is 0 Å². The smallest absolute Gasteiger partial charge is 0.262 e. The van der Waals surface area contributed by atoms with Gasteiger partial charge in [0, 0.05) is 12.2 Å². The number of carbonyl (C=O) groups excluding carboxylic acids is 1. The van der Waals surface area contributed by atoms with E-state index in [1.807, 2.05) is 12.1 Å². The Morgan fingerprint density at radius 3 is 2.28 bits per heavy atom. The first-order chi connectivity index (χ1) is 12.2. The zero-order chi connectivity index (χ0) is 17.5. The first kappa shape index (κ1) is 17.3. The van der Waals surface area contributed by atoms with Gasteiger partial charge < -0.3 is 14.8 Å². The molecular formula is C20H24N2O3. The summed E-state index contributed by atoms with van der Waals surface area (Å²) in [4.78, 5) is 14.5. The molecule has 1 aliphatic rings. The van der Waals surface area contributed by atoms with Gasteiger partial charge in [0.1, 0.15) is 11.5 Å². The summed E-state index contributed by atoms with van der Waals surface area (Å²) >= 11 is 0. The second-order valence-corrected chi connectivity index (χ2v) is 6.19. The first-order valence-corrected chi connectivity index (χ1v) is 8.61. The van der Waals surface area contributed by atoms with Crippen LogP contribution in [0.25, 0.3) is 0 Å². The third kappa shape index (κ3) is 5.22. The van der Waals surface area contributed by atoms with Crippen LogP contribution in [-0.2, 0) is 11.3 Å². The topological polar surface area (TPSA) is 50.8 Å². The van der Waals surface area contributed by atoms with E-state index in [1.54, 1.807) is 31.4 Å². The van der Waals surface area contributed by atoms with E-state index in [0.717, 1.165) is 18.0 Å². The van der Waals surface area contributed by atoms with Crippen LogP contribution in [0.5, 0.6) is 11.5 Å². The molecule has 5 nitrogen and oxygen atoms in total. The van der Waals surface area contributed by atoms with Crippen LogP contribution in [0, 0.1) is 0 Å². The van der Waals surface area contributed by atoms with Crippen molar-refractivity contribution in [2.75, 3.05) is 32.1 Å². The molecule has 1 saturated heterocycles. The molecule has 1 fully saturated rings. The SMILES string of the molecule is COc1ccc(OCC(=O)Nc2ccc(CN3CCCC3)cc2)cc1. The molecule has 1 heterocycles. The van der Waals surface area contributed by atoms with E-state index < -0.39 is 0 Å². The van der Waals surface area contributed by atoms with Gasteiger partial charge in [0.05, 0.1) is 7.11 Å². The second-order valence-electron chi connectivity index (χ2n) is 6.19. The third-order valence-electron chi connectivity index (χ3n) is 4.27. The lowest BCUT2D eigenvalue weighted by atomic mass is 10.2. The number of methoxy groups -OCH3 is 1. The van der Waals surface area contributed by atoms with E-state index in [4.69, 9.17) is 9.47 Å². The number of carbonyl (C=O) groups is 1. The molecule has 3 rings (SSSR count). The Labute approximate surface area is 148 Å². The number of rotatable bonds is 7. The Morgan fingerprint density at radius 1 is 1.00 bits per heavy atom. The average molecular weight is 340 g/mol. The normalized spacial score (nSPS) is 14.3.